The van der Waals surface area contributed by atoms with Crippen molar-refractivity contribution in [1.29, 1.82) is 0 Å². The van der Waals surface area contributed by atoms with E-state index in [2.05, 4.69) is 6.58 Å². The van der Waals surface area contributed by atoms with Crippen LogP contribution in [0, 0.1) is 0 Å². The van der Waals surface area contributed by atoms with E-state index in [1.165, 1.54) is 50.5 Å². The SMILES string of the molecule is C=CCCCCCCCCCc1c(OC)cccc1OC. The number of benzene rings is 1. The topological polar surface area (TPSA) is 18.5 Å². The number of ether oxygens (including phenoxy) is 2. The molecule has 0 aliphatic carbocycles. The smallest absolute Gasteiger partial charge is 0.125 e. The van der Waals surface area contributed by atoms with Crippen LogP contribution in [-0.2, 0) is 6.42 Å². The lowest BCUT2D eigenvalue weighted by atomic mass is 10.0. The van der Waals surface area contributed by atoms with E-state index in [1.54, 1.807) is 14.2 Å². The van der Waals surface area contributed by atoms with E-state index in [1.807, 2.05) is 24.3 Å². The highest BCUT2D eigenvalue weighted by atomic mass is 16.5. The van der Waals surface area contributed by atoms with Crippen molar-refractivity contribution in [2.75, 3.05) is 14.2 Å². The molecule has 21 heavy (non-hydrogen) atoms. The summed E-state index contributed by atoms with van der Waals surface area (Å²) in [7, 11) is 3.45. The molecule has 0 saturated carbocycles. The van der Waals surface area contributed by atoms with E-state index in [-0.39, 0.29) is 0 Å². The number of hydrogen-bond acceptors (Lipinski definition) is 2. The van der Waals surface area contributed by atoms with Crippen LogP contribution in [-0.4, -0.2) is 14.2 Å². The Balaban J connectivity index is 2.22. The van der Waals surface area contributed by atoms with Crippen LogP contribution in [0.2, 0.25) is 0 Å². The highest BCUT2D eigenvalue weighted by Gasteiger charge is 2.08. The van der Waals surface area contributed by atoms with Crippen LogP contribution in [0.25, 0.3) is 0 Å². The van der Waals surface area contributed by atoms with Crippen molar-refractivity contribution in [2.24, 2.45) is 0 Å². The van der Waals surface area contributed by atoms with Gasteiger partial charge < -0.3 is 9.47 Å². The van der Waals surface area contributed by atoms with Crippen LogP contribution in [0.3, 0.4) is 0 Å². The average molecular weight is 290 g/mol. The van der Waals surface area contributed by atoms with Gasteiger partial charge in [-0.1, -0.05) is 44.2 Å². The molecule has 0 aliphatic rings. The van der Waals surface area contributed by atoms with Gasteiger partial charge in [-0.25, -0.2) is 0 Å². The van der Waals surface area contributed by atoms with Crippen molar-refractivity contribution in [1.82, 2.24) is 0 Å². The fraction of sp³-hybridized carbons (Fsp3) is 0.579. The maximum absolute atomic E-state index is 5.43. The van der Waals surface area contributed by atoms with E-state index in [9.17, 15) is 0 Å². The summed E-state index contributed by atoms with van der Waals surface area (Å²) < 4.78 is 10.9. The number of allylic oxidation sites excluding steroid dienone is 1. The highest BCUT2D eigenvalue weighted by Crippen LogP contribution is 2.29. The Kier molecular flexibility index (Phi) is 9.43. The molecule has 0 aromatic heterocycles. The monoisotopic (exact) mass is 290 g/mol. The van der Waals surface area contributed by atoms with Gasteiger partial charge in [-0.05, 0) is 37.8 Å². The predicted molar refractivity (Wildman–Crippen MR) is 90.4 cm³/mol. The van der Waals surface area contributed by atoms with Crippen LogP contribution >= 0.6 is 0 Å². The molecule has 118 valence electrons. The lowest BCUT2D eigenvalue weighted by molar-refractivity contribution is 0.384. The number of methoxy groups -OCH3 is 2. The standard InChI is InChI=1S/C19H30O2/c1-4-5-6-7-8-9-10-11-12-14-17-18(20-2)15-13-16-19(17)21-3/h4,13,15-16H,1,5-12,14H2,2-3H3. The van der Waals surface area contributed by atoms with Crippen LogP contribution in [0.15, 0.2) is 30.9 Å². The van der Waals surface area contributed by atoms with Crippen LogP contribution in [0.5, 0.6) is 11.5 Å². The molecule has 0 N–H and O–H groups in total. The first-order valence-electron chi connectivity index (χ1n) is 8.14. The summed E-state index contributed by atoms with van der Waals surface area (Å²) in [6.07, 6.45) is 13.3. The van der Waals surface area contributed by atoms with E-state index in [4.69, 9.17) is 9.47 Å². The third-order valence-electron chi connectivity index (χ3n) is 3.86. The third-order valence-corrected chi connectivity index (χ3v) is 3.86. The van der Waals surface area contributed by atoms with Gasteiger partial charge in [0.1, 0.15) is 11.5 Å². The summed E-state index contributed by atoms with van der Waals surface area (Å²) >= 11 is 0. The van der Waals surface area contributed by atoms with Gasteiger partial charge in [-0.15, -0.1) is 6.58 Å². The van der Waals surface area contributed by atoms with E-state index >= 15 is 0 Å². The molecule has 0 radical (unpaired) electrons. The van der Waals surface area contributed by atoms with Crippen molar-refractivity contribution in [3.63, 3.8) is 0 Å². The second-order valence-corrected chi connectivity index (χ2v) is 5.44. The molecule has 0 unspecified atom stereocenters. The highest BCUT2D eigenvalue weighted by molar-refractivity contribution is 5.44. The summed E-state index contributed by atoms with van der Waals surface area (Å²) in [6.45, 7) is 3.76. The Bertz CT molecular complexity index is 376. The van der Waals surface area contributed by atoms with Gasteiger partial charge in [0, 0.05) is 5.56 Å². The van der Waals surface area contributed by atoms with Crippen LogP contribution < -0.4 is 9.47 Å². The first kappa shape index (κ1) is 17.6. The molecule has 1 aromatic rings. The molecule has 0 saturated heterocycles. The normalized spacial score (nSPS) is 10.4. The number of unbranched alkanes of at least 4 members (excludes halogenated alkanes) is 7. The van der Waals surface area contributed by atoms with Gasteiger partial charge in [0.2, 0.25) is 0 Å². The number of rotatable bonds is 12. The molecule has 0 atom stereocenters. The van der Waals surface area contributed by atoms with Crippen molar-refractivity contribution >= 4 is 0 Å². The Morgan fingerprint density at radius 2 is 1.38 bits per heavy atom. The van der Waals surface area contributed by atoms with Crippen LogP contribution in [0.1, 0.15) is 56.9 Å². The molecule has 2 heteroatoms. The Hall–Kier alpha value is -1.44. The minimum Gasteiger partial charge on any atom is -0.496 e. The molecule has 0 heterocycles. The fourth-order valence-electron chi connectivity index (χ4n) is 2.65. The molecule has 0 bridgehead atoms. The van der Waals surface area contributed by atoms with Gasteiger partial charge in [0.15, 0.2) is 0 Å². The quantitative estimate of drug-likeness (QED) is 0.371. The third kappa shape index (κ3) is 6.70. The zero-order valence-corrected chi connectivity index (χ0v) is 13.7. The van der Waals surface area contributed by atoms with Gasteiger partial charge >= 0.3 is 0 Å². The molecule has 0 spiro atoms. The minimum atomic E-state index is 0.943. The zero-order chi connectivity index (χ0) is 15.3. The molecule has 0 fully saturated rings. The van der Waals surface area contributed by atoms with Gasteiger partial charge in [-0.3, -0.25) is 0 Å². The van der Waals surface area contributed by atoms with Gasteiger partial charge in [0.25, 0.3) is 0 Å². The van der Waals surface area contributed by atoms with E-state index < -0.39 is 0 Å². The Morgan fingerprint density at radius 3 is 1.90 bits per heavy atom. The van der Waals surface area contributed by atoms with Crippen molar-refractivity contribution in [2.45, 2.75) is 57.8 Å². The minimum absolute atomic E-state index is 0.943. The van der Waals surface area contributed by atoms with Crippen molar-refractivity contribution in [3.8, 4) is 11.5 Å². The lowest BCUT2D eigenvalue weighted by Gasteiger charge is -2.12. The second kappa shape index (κ2) is 11.2. The van der Waals surface area contributed by atoms with E-state index in [0.717, 1.165) is 24.3 Å². The van der Waals surface area contributed by atoms with Crippen LogP contribution in [0.4, 0.5) is 0 Å². The number of hydrogen-bond donors (Lipinski definition) is 0. The largest absolute Gasteiger partial charge is 0.496 e. The first-order chi connectivity index (χ1) is 10.3. The van der Waals surface area contributed by atoms with Gasteiger partial charge in [-0.2, -0.15) is 0 Å². The molecular weight excluding hydrogens is 260 g/mol. The summed E-state index contributed by atoms with van der Waals surface area (Å²) in [5, 5.41) is 0. The molecule has 1 aromatic carbocycles. The Labute approximate surface area is 130 Å². The summed E-state index contributed by atoms with van der Waals surface area (Å²) in [6, 6.07) is 6.00. The Morgan fingerprint density at radius 1 is 0.857 bits per heavy atom. The molecule has 0 aliphatic heterocycles. The molecular formula is C19H30O2. The molecule has 1 rings (SSSR count). The summed E-state index contributed by atoms with van der Waals surface area (Å²) in [5.74, 6) is 1.89. The second-order valence-electron chi connectivity index (χ2n) is 5.44. The molecule has 2 nitrogen and oxygen atoms in total. The maximum Gasteiger partial charge on any atom is 0.125 e. The maximum atomic E-state index is 5.43. The predicted octanol–water partition coefficient (Wildman–Crippen LogP) is 5.55. The summed E-state index contributed by atoms with van der Waals surface area (Å²) in [4.78, 5) is 0. The average Bonchev–Trinajstić information content (AvgIpc) is 2.53. The van der Waals surface area contributed by atoms with Crippen molar-refractivity contribution in [3.05, 3.63) is 36.4 Å². The van der Waals surface area contributed by atoms with Crippen molar-refractivity contribution < 1.29 is 9.47 Å². The molecule has 0 amide bonds. The summed E-state index contributed by atoms with van der Waals surface area (Å²) in [5.41, 5.74) is 1.20. The van der Waals surface area contributed by atoms with E-state index in [0.29, 0.717) is 0 Å². The lowest BCUT2D eigenvalue weighted by Crippen LogP contribution is -1.97. The fourth-order valence-corrected chi connectivity index (χ4v) is 2.65. The first-order valence-corrected chi connectivity index (χ1v) is 8.14. The zero-order valence-electron chi connectivity index (χ0n) is 13.7. The van der Waals surface area contributed by atoms with Gasteiger partial charge in [0.05, 0.1) is 14.2 Å².